The summed E-state index contributed by atoms with van der Waals surface area (Å²) in [6, 6.07) is 6.12. The molecule has 1 aromatic rings. The molecule has 0 heterocycles. The van der Waals surface area contributed by atoms with Crippen molar-refractivity contribution in [3.05, 3.63) is 28.8 Å². The van der Waals surface area contributed by atoms with Crippen molar-refractivity contribution in [1.82, 2.24) is 4.72 Å². The normalized spacial score (nSPS) is 22.6. The number of nitrogens with one attached hydrogen (secondary N) is 1. The summed E-state index contributed by atoms with van der Waals surface area (Å²) in [5, 5.41) is 9.50. The minimum atomic E-state index is -3.68. The molecule has 0 saturated heterocycles. The van der Waals surface area contributed by atoms with Gasteiger partial charge in [0.25, 0.3) is 0 Å². The second-order valence-corrected chi connectivity index (χ2v) is 7.97. The highest BCUT2D eigenvalue weighted by Crippen LogP contribution is 2.30. The van der Waals surface area contributed by atoms with E-state index in [4.69, 9.17) is 16.9 Å². The molecular weight excluding hydrogens is 316 g/mol. The van der Waals surface area contributed by atoms with E-state index in [1.54, 1.807) is 11.8 Å². The Bertz CT molecular complexity index is 640. The summed E-state index contributed by atoms with van der Waals surface area (Å²) >= 11 is 7.71. The van der Waals surface area contributed by atoms with E-state index in [-0.39, 0.29) is 21.5 Å². The van der Waals surface area contributed by atoms with Gasteiger partial charge in [0.2, 0.25) is 10.0 Å². The molecule has 2 unspecified atom stereocenters. The zero-order valence-corrected chi connectivity index (χ0v) is 13.4. The summed E-state index contributed by atoms with van der Waals surface area (Å²) in [6.45, 7) is 0. The van der Waals surface area contributed by atoms with Crippen molar-refractivity contribution in [3.63, 3.8) is 0 Å². The summed E-state index contributed by atoms with van der Waals surface area (Å²) in [6.07, 6.45) is 4.71. The van der Waals surface area contributed by atoms with Gasteiger partial charge in [0.15, 0.2) is 0 Å². The average Bonchev–Trinajstić information content (AvgIpc) is 2.86. The molecule has 0 spiro atoms. The number of thioether (sulfide) groups is 1. The lowest BCUT2D eigenvalue weighted by Gasteiger charge is -2.14. The largest absolute Gasteiger partial charge is 0.242 e. The molecule has 1 fully saturated rings. The Hall–Kier alpha value is -0.740. The first-order valence-electron chi connectivity index (χ1n) is 6.21. The molecule has 0 bridgehead atoms. The van der Waals surface area contributed by atoms with E-state index in [9.17, 15) is 8.42 Å². The molecule has 0 radical (unpaired) electrons. The maximum Gasteiger partial charge on any atom is 0.242 e. The first-order valence-corrected chi connectivity index (χ1v) is 9.36. The second-order valence-electron chi connectivity index (χ2n) is 4.75. The van der Waals surface area contributed by atoms with E-state index in [0.717, 1.165) is 19.3 Å². The van der Waals surface area contributed by atoms with Crippen LogP contribution in [-0.4, -0.2) is 26.0 Å². The van der Waals surface area contributed by atoms with Crippen molar-refractivity contribution in [2.75, 3.05) is 6.26 Å². The highest BCUT2D eigenvalue weighted by atomic mass is 35.5. The molecule has 20 heavy (non-hydrogen) atoms. The van der Waals surface area contributed by atoms with Crippen molar-refractivity contribution < 1.29 is 8.42 Å². The lowest BCUT2D eigenvalue weighted by Crippen LogP contribution is -2.33. The maximum atomic E-state index is 12.4. The van der Waals surface area contributed by atoms with Crippen LogP contribution in [0, 0.1) is 11.3 Å². The molecule has 2 atom stereocenters. The van der Waals surface area contributed by atoms with Crippen LogP contribution < -0.4 is 4.72 Å². The van der Waals surface area contributed by atoms with Gasteiger partial charge in [0, 0.05) is 11.3 Å². The number of hydrogen-bond acceptors (Lipinski definition) is 4. The molecular formula is C13H15ClN2O2S2. The smallest absolute Gasteiger partial charge is 0.208 e. The average molecular weight is 331 g/mol. The molecule has 0 amide bonds. The van der Waals surface area contributed by atoms with E-state index >= 15 is 0 Å². The summed E-state index contributed by atoms with van der Waals surface area (Å²) in [5.74, 6) is 0. The summed E-state index contributed by atoms with van der Waals surface area (Å²) < 4.78 is 27.4. The first-order chi connectivity index (χ1) is 9.46. The monoisotopic (exact) mass is 330 g/mol. The third-order valence-electron chi connectivity index (χ3n) is 3.39. The van der Waals surface area contributed by atoms with Crippen LogP contribution in [0.5, 0.6) is 0 Å². The van der Waals surface area contributed by atoms with Crippen LogP contribution in [0.15, 0.2) is 23.1 Å². The van der Waals surface area contributed by atoms with Gasteiger partial charge in [0.05, 0.1) is 16.7 Å². The van der Waals surface area contributed by atoms with Gasteiger partial charge >= 0.3 is 0 Å². The van der Waals surface area contributed by atoms with Crippen LogP contribution in [0.2, 0.25) is 5.02 Å². The Balaban J connectivity index is 2.21. The molecule has 1 saturated carbocycles. The van der Waals surface area contributed by atoms with Gasteiger partial charge in [-0.2, -0.15) is 17.0 Å². The summed E-state index contributed by atoms with van der Waals surface area (Å²) in [7, 11) is -3.68. The number of rotatable bonds is 4. The zero-order chi connectivity index (χ0) is 14.8. The topological polar surface area (TPSA) is 70.0 Å². The van der Waals surface area contributed by atoms with Gasteiger partial charge in [0.1, 0.15) is 4.90 Å². The van der Waals surface area contributed by atoms with E-state index < -0.39 is 10.0 Å². The third kappa shape index (κ3) is 3.47. The lowest BCUT2D eigenvalue weighted by atomic mass is 10.2. The Morgan fingerprint density at radius 1 is 1.45 bits per heavy atom. The van der Waals surface area contributed by atoms with Crippen molar-refractivity contribution in [2.45, 2.75) is 35.4 Å². The van der Waals surface area contributed by atoms with Crippen molar-refractivity contribution >= 4 is 33.4 Å². The van der Waals surface area contributed by atoms with Crippen LogP contribution in [0.1, 0.15) is 24.8 Å². The fourth-order valence-corrected chi connectivity index (χ4v) is 4.93. The fourth-order valence-electron chi connectivity index (χ4n) is 2.32. The summed E-state index contributed by atoms with van der Waals surface area (Å²) in [5.41, 5.74) is 0.281. The van der Waals surface area contributed by atoms with E-state index in [0.29, 0.717) is 5.25 Å². The lowest BCUT2D eigenvalue weighted by molar-refractivity contribution is 0.552. The van der Waals surface area contributed by atoms with Crippen molar-refractivity contribution in [3.8, 4) is 6.07 Å². The zero-order valence-electron chi connectivity index (χ0n) is 11.0. The minimum Gasteiger partial charge on any atom is -0.208 e. The number of nitriles is 1. The van der Waals surface area contributed by atoms with Gasteiger partial charge in [-0.15, -0.1) is 0 Å². The third-order valence-corrected chi connectivity index (χ3v) is 6.49. The van der Waals surface area contributed by atoms with Gasteiger partial charge in [-0.1, -0.05) is 11.6 Å². The molecule has 0 aliphatic heterocycles. The van der Waals surface area contributed by atoms with Gasteiger partial charge in [-0.3, -0.25) is 0 Å². The first kappa shape index (κ1) is 15.6. The molecule has 1 N–H and O–H groups in total. The van der Waals surface area contributed by atoms with Gasteiger partial charge in [-0.05, 0) is 43.7 Å². The van der Waals surface area contributed by atoms with Crippen LogP contribution in [-0.2, 0) is 10.0 Å². The minimum absolute atomic E-state index is 0.0224. The summed E-state index contributed by atoms with van der Waals surface area (Å²) in [4.78, 5) is -0.0224. The highest BCUT2D eigenvalue weighted by molar-refractivity contribution is 7.99. The fraction of sp³-hybridized carbons (Fsp3) is 0.462. The van der Waals surface area contributed by atoms with Crippen molar-refractivity contribution in [2.24, 2.45) is 0 Å². The Morgan fingerprint density at radius 3 is 2.80 bits per heavy atom. The quantitative estimate of drug-likeness (QED) is 0.921. The molecule has 4 nitrogen and oxygen atoms in total. The molecule has 108 valence electrons. The standard InChI is InChI=1S/C13H15ClN2O2S2/c1-19-11-4-3-10(7-11)16-20(17,18)13-6-9(8-15)2-5-12(13)14/h2,5-6,10-11,16H,3-4,7H2,1H3. The number of benzene rings is 1. The van der Waals surface area contributed by atoms with Gasteiger partial charge < -0.3 is 0 Å². The SMILES string of the molecule is CSC1CCC(NS(=O)(=O)c2cc(C#N)ccc2Cl)C1. The molecule has 1 aromatic carbocycles. The highest BCUT2D eigenvalue weighted by Gasteiger charge is 2.29. The van der Waals surface area contributed by atoms with Crippen LogP contribution in [0.3, 0.4) is 0 Å². The Labute approximate surface area is 128 Å². The number of sulfonamides is 1. The second kappa shape index (κ2) is 6.35. The van der Waals surface area contributed by atoms with E-state index in [1.807, 2.05) is 12.3 Å². The Morgan fingerprint density at radius 2 is 2.20 bits per heavy atom. The number of hydrogen-bond donors (Lipinski definition) is 1. The number of halogens is 1. The molecule has 7 heteroatoms. The molecule has 1 aliphatic carbocycles. The van der Waals surface area contributed by atoms with Crippen LogP contribution >= 0.6 is 23.4 Å². The molecule has 0 aromatic heterocycles. The maximum absolute atomic E-state index is 12.4. The number of nitrogens with zero attached hydrogens (tertiary/aromatic N) is 1. The predicted octanol–water partition coefficient (Wildman–Crippen LogP) is 2.77. The Kier molecular flexibility index (Phi) is 4.97. The molecule has 2 rings (SSSR count). The van der Waals surface area contributed by atoms with Gasteiger partial charge in [-0.25, -0.2) is 13.1 Å². The van der Waals surface area contributed by atoms with Crippen LogP contribution in [0.4, 0.5) is 0 Å². The van der Waals surface area contributed by atoms with Crippen LogP contribution in [0.25, 0.3) is 0 Å². The van der Waals surface area contributed by atoms with E-state index in [1.165, 1.54) is 18.2 Å². The van der Waals surface area contributed by atoms with E-state index in [2.05, 4.69) is 4.72 Å². The predicted molar refractivity (Wildman–Crippen MR) is 81.4 cm³/mol. The molecule has 1 aliphatic rings. The van der Waals surface area contributed by atoms with Crippen molar-refractivity contribution in [1.29, 1.82) is 5.26 Å².